The van der Waals surface area contributed by atoms with Crippen LogP contribution in [0.15, 0.2) is 18.2 Å². The number of hydrogen-bond donors (Lipinski definition) is 1. The minimum Gasteiger partial charge on any atom is -0.326 e. The van der Waals surface area contributed by atoms with Crippen molar-refractivity contribution in [1.29, 1.82) is 0 Å². The van der Waals surface area contributed by atoms with Crippen molar-refractivity contribution in [2.24, 2.45) is 5.41 Å². The van der Waals surface area contributed by atoms with Crippen molar-refractivity contribution in [3.8, 4) is 0 Å². The molecule has 1 unspecified atom stereocenters. The summed E-state index contributed by atoms with van der Waals surface area (Å²) in [5, 5.41) is 2.86. The van der Waals surface area contributed by atoms with E-state index in [1.54, 1.807) is 11.8 Å². The second-order valence-corrected chi connectivity index (χ2v) is 7.80. The second-order valence-electron chi connectivity index (χ2n) is 6.32. The van der Waals surface area contributed by atoms with Gasteiger partial charge >= 0.3 is 0 Å². The minimum atomic E-state index is -0.978. The first-order chi connectivity index (χ1) is 10.2. The molecular weight excluding hydrogens is 323 g/mol. The lowest BCUT2D eigenvalue weighted by molar-refractivity contribution is -0.120. The molecular formula is C16H18Cl2N2O2. The zero-order valence-corrected chi connectivity index (χ0v) is 14.1. The molecule has 1 aliphatic heterocycles. The highest BCUT2D eigenvalue weighted by molar-refractivity contribution is 6.53. The van der Waals surface area contributed by atoms with E-state index in [0.717, 1.165) is 24.2 Å². The van der Waals surface area contributed by atoms with Crippen molar-refractivity contribution in [3.05, 3.63) is 23.8 Å². The van der Waals surface area contributed by atoms with Gasteiger partial charge < -0.3 is 10.2 Å². The summed E-state index contributed by atoms with van der Waals surface area (Å²) in [7, 11) is 0. The van der Waals surface area contributed by atoms with Gasteiger partial charge in [-0.1, -0.05) is 0 Å². The summed E-state index contributed by atoms with van der Waals surface area (Å²) in [5.41, 5.74) is 1.81. The fourth-order valence-electron chi connectivity index (χ4n) is 2.85. The van der Waals surface area contributed by atoms with Crippen LogP contribution in [0.4, 0.5) is 11.4 Å². The third kappa shape index (κ3) is 2.48. The molecule has 118 valence electrons. The quantitative estimate of drug-likeness (QED) is 0.854. The Bertz CT molecular complexity index is 660. The predicted octanol–water partition coefficient (Wildman–Crippen LogP) is 3.64. The average Bonchev–Trinajstić information content (AvgIpc) is 2.76. The monoisotopic (exact) mass is 340 g/mol. The molecule has 1 saturated heterocycles. The molecule has 1 N–H and O–H groups in total. The van der Waals surface area contributed by atoms with Crippen LogP contribution < -0.4 is 10.2 Å². The zero-order valence-electron chi connectivity index (χ0n) is 12.6. The van der Waals surface area contributed by atoms with Gasteiger partial charge in [-0.15, -0.1) is 23.2 Å². The lowest BCUT2D eigenvalue weighted by Gasteiger charge is -2.19. The normalized spacial score (nSPS) is 26.2. The molecule has 1 aromatic rings. The first-order valence-electron chi connectivity index (χ1n) is 7.35. The van der Waals surface area contributed by atoms with Crippen molar-refractivity contribution >= 4 is 46.4 Å². The third-order valence-electron chi connectivity index (χ3n) is 4.58. The first-order valence-corrected chi connectivity index (χ1v) is 8.10. The standard InChI is InChI=1S/C16H18Cl2N2O2/c1-10-8-11(19-14(22)15(2)9-16(15,17)18)5-6-12(10)20-7-3-4-13(20)21/h5-6,8H,3-4,7,9H2,1-2H3,(H,19,22). The van der Waals surface area contributed by atoms with Gasteiger partial charge in [-0.25, -0.2) is 0 Å². The largest absolute Gasteiger partial charge is 0.326 e. The maximum absolute atomic E-state index is 12.3. The fourth-order valence-corrected chi connectivity index (χ4v) is 3.56. The number of aryl methyl sites for hydroxylation is 1. The molecule has 0 bridgehead atoms. The maximum atomic E-state index is 12.3. The van der Waals surface area contributed by atoms with Crippen LogP contribution in [0.2, 0.25) is 0 Å². The number of benzene rings is 1. The van der Waals surface area contributed by atoms with E-state index in [9.17, 15) is 9.59 Å². The number of rotatable bonds is 3. The van der Waals surface area contributed by atoms with E-state index in [4.69, 9.17) is 23.2 Å². The van der Waals surface area contributed by atoms with E-state index in [-0.39, 0.29) is 11.8 Å². The number of hydrogen-bond acceptors (Lipinski definition) is 2. The minimum absolute atomic E-state index is 0.152. The number of amides is 2. The molecule has 0 spiro atoms. The lowest BCUT2D eigenvalue weighted by Crippen LogP contribution is -2.26. The molecule has 22 heavy (non-hydrogen) atoms. The van der Waals surface area contributed by atoms with Crippen LogP contribution in [-0.2, 0) is 9.59 Å². The smallest absolute Gasteiger partial charge is 0.233 e. The van der Waals surface area contributed by atoms with Gasteiger partial charge in [-0.2, -0.15) is 0 Å². The number of halogens is 2. The molecule has 1 heterocycles. The van der Waals surface area contributed by atoms with E-state index in [0.29, 0.717) is 18.5 Å². The van der Waals surface area contributed by atoms with Crippen molar-refractivity contribution < 1.29 is 9.59 Å². The van der Waals surface area contributed by atoms with Crippen LogP contribution >= 0.6 is 23.2 Å². The predicted molar refractivity (Wildman–Crippen MR) is 88.6 cm³/mol. The average molecular weight is 341 g/mol. The molecule has 6 heteroatoms. The molecule has 3 rings (SSSR count). The van der Waals surface area contributed by atoms with Gasteiger partial charge in [0.05, 0.1) is 5.41 Å². The van der Waals surface area contributed by atoms with Crippen molar-refractivity contribution in [2.75, 3.05) is 16.8 Å². The van der Waals surface area contributed by atoms with Crippen LogP contribution in [0.25, 0.3) is 0 Å². The molecule has 4 nitrogen and oxygen atoms in total. The Morgan fingerprint density at radius 2 is 2.05 bits per heavy atom. The van der Waals surface area contributed by atoms with Crippen LogP contribution in [0.3, 0.4) is 0 Å². The lowest BCUT2D eigenvalue weighted by atomic mass is 10.1. The van der Waals surface area contributed by atoms with Gasteiger partial charge in [0.1, 0.15) is 4.33 Å². The molecule has 0 aromatic heterocycles. The summed E-state index contributed by atoms with van der Waals surface area (Å²) in [6.45, 7) is 4.44. The fraction of sp³-hybridized carbons (Fsp3) is 0.500. The Hall–Kier alpha value is -1.26. The van der Waals surface area contributed by atoms with Crippen molar-refractivity contribution in [1.82, 2.24) is 0 Å². The van der Waals surface area contributed by atoms with Crippen LogP contribution in [0, 0.1) is 12.3 Å². The summed E-state index contributed by atoms with van der Waals surface area (Å²) in [5.74, 6) is -0.0265. The molecule has 1 aromatic carbocycles. The van der Waals surface area contributed by atoms with Crippen molar-refractivity contribution in [3.63, 3.8) is 0 Å². The summed E-state index contributed by atoms with van der Waals surface area (Å²) in [6.07, 6.45) is 1.95. The zero-order chi connectivity index (χ0) is 16.1. The number of anilines is 2. The van der Waals surface area contributed by atoms with Gasteiger partial charge in [0, 0.05) is 24.3 Å². The first kappa shape index (κ1) is 15.6. The van der Waals surface area contributed by atoms with Gasteiger partial charge in [0.25, 0.3) is 0 Å². The highest BCUT2D eigenvalue weighted by atomic mass is 35.5. The van der Waals surface area contributed by atoms with Gasteiger partial charge in [-0.05, 0) is 50.5 Å². The van der Waals surface area contributed by atoms with E-state index in [2.05, 4.69) is 5.32 Å². The summed E-state index contributed by atoms with van der Waals surface area (Å²) in [4.78, 5) is 25.9. The highest BCUT2D eigenvalue weighted by Crippen LogP contribution is 2.64. The molecule has 0 radical (unpaired) electrons. The Labute approximate surface area is 139 Å². The Morgan fingerprint density at radius 1 is 1.36 bits per heavy atom. The van der Waals surface area contributed by atoms with Crippen LogP contribution in [-0.4, -0.2) is 22.7 Å². The summed E-state index contributed by atoms with van der Waals surface area (Å²) in [6, 6.07) is 5.55. The molecule has 2 amide bonds. The number of nitrogens with zero attached hydrogens (tertiary/aromatic N) is 1. The molecule has 1 atom stereocenters. The topological polar surface area (TPSA) is 49.4 Å². The van der Waals surface area contributed by atoms with E-state index < -0.39 is 9.75 Å². The Kier molecular flexibility index (Phi) is 3.65. The Morgan fingerprint density at radius 3 is 2.55 bits per heavy atom. The van der Waals surface area contributed by atoms with E-state index in [1.165, 1.54) is 0 Å². The number of carbonyl (C=O) groups is 2. The van der Waals surface area contributed by atoms with Gasteiger partial charge in [0.2, 0.25) is 11.8 Å². The summed E-state index contributed by atoms with van der Waals surface area (Å²) >= 11 is 12.1. The SMILES string of the molecule is Cc1cc(NC(=O)C2(C)CC2(Cl)Cl)ccc1N1CCCC1=O. The van der Waals surface area contributed by atoms with Crippen LogP contribution in [0.1, 0.15) is 31.7 Å². The molecule has 1 aliphatic carbocycles. The highest BCUT2D eigenvalue weighted by Gasteiger charge is 2.67. The number of carbonyl (C=O) groups excluding carboxylic acids is 2. The number of nitrogens with one attached hydrogen (secondary N) is 1. The van der Waals surface area contributed by atoms with Gasteiger partial charge in [-0.3, -0.25) is 9.59 Å². The molecule has 2 fully saturated rings. The Balaban J connectivity index is 1.75. The number of alkyl halides is 2. The van der Waals surface area contributed by atoms with E-state index >= 15 is 0 Å². The second kappa shape index (κ2) is 5.14. The maximum Gasteiger partial charge on any atom is 0.233 e. The molecule has 1 saturated carbocycles. The van der Waals surface area contributed by atoms with Crippen LogP contribution in [0.5, 0.6) is 0 Å². The third-order valence-corrected chi connectivity index (χ3v) is 5.68. The summed E-state index contributed by atoms with van der Waals surface area (Å²) < 4.78 is -0.978. The van der Waals surface area contributed by atoms with Crippen molar-refractivity contribution in [2.45, 2.75) is 37.4 Å². The van der Waals surface area contributed by atoms with Gasteiger partial charge in [0.15, 0.2) is 0 Å². The van der Waals surface area contributed by atoms with E-state index in [1.807, 2.05) is 25.1 Å². The molecule has 2 aliphatic rings.